The van der Waals surface area contributed by atoms with Gasteiger partial charge in [-0.15, -0.1) is 0 Å². The largest absolute Gasteiger partial charge is 0.392 e. The molecule has 0 aromatic carbocycles. The Balaban J connectivity index is 2.53. The van der Waals surface area contributed by atoms with Crippen LogP contribution in [0.3, 0.4) is 0 Å². The van der Waals surface area contributed by atoms with Crippen LogP contribution in [0.5, 0.6) is 0 Å². The Morgan fingerprint density at radius 1 is 1.79 bits per heavy atom. The number of carbonyl (C=O) groups excluding carboxylic acids is 1. The van der Waals surface area contributed by atoms with E-state index in [1.807, 2.05) is 11.8 Å². The quantitative estimate of drug-likeness (QED) is 0.316. The zero-order chi connectivity index (χ0) is 10.6. The number of aliphatic hydroxyl groups excluding tert-OH is 1. The number of β-amino-alcohol motifs (C(OH)–C–C–N with tert-alkyl or cyclic N) is 1. The number of nitrogens with two attached hydrogens (primary N) is 1. The minimum atomic E-state index is -0.292. The highest BCUT2D eigenvalue weighted by molar-refractivity contribution is 5.81. The smallest absolute Gasteiger partial charge is 0.251 e. The molecule has 0 bridgehead atoms. The van der Waals surface area contributed by atoms with Crippen LogP contribution < -0.4 is 11.3 Å². The van der Waals surface area contributed by atoms with Crippen LogP contribution in [0.15, 0.2) is 0 Å². The Morgan fingerprint density at radius 3 is 2.93 bits per heavy atom. The number of likely N-dealkylation sites (tertiary alicyclic amines) is 1. The van der Waals surface area contributed by atoms with Crippen LogP contribution in [-0.4, -0.2) is 41.1 Å². The van der Waals surface area contributed by atoms with Crippen molar-refractivity contribution in [3.05, 3.63) is 0 Å². The summed E-state index contributed by atoms with van der Waals surface area (Å²) in [5.41, 5.74) is 2.18. The van der Waals surface area contributed by atoms with Crippen LogP contribution in [0.2, 0.25) is 0 Å². The third-order valence-electron chi connectivity index (χ3n) is 2.64. The topological polar surface area (TPSA) is 78.6 Å². The van der Waals surface area contributed by atoms with Crippen molar-refractivity contribution in [1.82, 2.24) is 10.3 Å². The SMILES string of the molecule is CCCC(C(=O)NN)N1CCC(O)C1. The Morgan fingerprint density at radius 2 is 2.50 bits per heavy atom. The number of rotatable bonds is 4. The van der Waals surface area contributed by atoms with Crippen LogP contribution >= 0.6 is 0 Å². The summed E-state index contributed by atoms with van der Waals surface area (Å²) in [7, 11) is 0. The predicted molar refractivity (Wildman–Crippen MR) is 53.2 cm³/mol. The fourth-order valence-electron chi connectivity index (χ4n) is 1.90. The maximum absolute atomic E-state index is 11.4. The molecular formula is C9H19N3O2. The monoisotopic (exact) mass is 201 g/mol. The summed E-state index contributed by atoms with van der Waals surface area (Å²) in [5, 5.41) is 9.37. The number of aliphatic hydroxyl groups is 1. The molecule has 1 amide bonds. The van der Waals surface area contributed by atoms with Crippen LogP contribution in [0, 0.1) is 0 Å². The van der Waals surface area contributed by atoms with Crippen molar-refractivity contribution in [3.8, 4) is 0 Å². The number of hydrogen-bond acceptors (Lipinski definition) is 4. The van der Waals surface area contributed by atoms with Crippen LogP contribution in [0.1, 0.15) is 26.2 Å². The third-order valence-corrected chi connectivity index (χ3v) is 2.64. The summed E-state index contributed by atoms with van der Waals surface area (Å²) in [6.07, 6.45) is 2.18. The lowest BCUT2D eigenvalue weighted by molar-refractivity contribution is -0.126. The lowest BCUT2D eigenvalue weighted by atomic mass is 10.1. The molecule has 1 heterocycles. The van der Waals surface area contributed by atoms with E-state index in [0.717, 1.165) is 25.8 Å². The first kappa shape index (κ1) is 11.4. The van der Waals surface area contributed by atoms with Crippen molar-refractivity contribution >= 4 is 5.91 Å². The van der Waals surface area contributed by atoms with E-state index in [1.165, 1.54) is 0 Å². The normalized spacial score (nSPS) is 24.9. The van der Waals surface area contributed by atoms with Crippen molar-refractivity contribution in [3.63, 3.8) is 0 Å². The van der Waals surface area contributed by atoms with E-state index in [0.29, 0.717) is 6.54 Å². The van der Waals surface area contributed by atoms with Gasteiger partial charge in [-0.3, -0.25) is 15.1 Å². The van der Waals surface area contributed by atoms with Crippen molar-refractivity contribution in [1.29, 1.82) is 0 Å². The van der Waals surface area contributed by atoms with Gasteiger partial charge in [-0.1, -0.05) is 13.3 Å². The molecule has 0 aliphatic carbocycles. The molecule has 5 nitrogen and oxygen atoms in total. The zero-order valence-electron chi connectivity index (χ0n) is 8.57. The van der Waals surface area contributed by atoms with Gasteiger partial charge >= 0.3 is 0 Å². The molecule has 0 spiro atoms. The van der Waals surface area contributed by atoms with E-state index in [-0.39, 0.29) is 18.1 Å². The molecular weight excluding hydrogens is 182 g/mol. The summed E-state index contributed by atoms with van der Waals surface area (Å²) in [4.78, 5) is 13.4. The van der Waals surface area contributed by atoms with Crippen molar-refractivity contribution in [2.24, 2.45) is 5.84 Å². The second kappa shape index (κ2) is 5.29. The minimum Gasteiger partial charge on any atom is -0.392 e. The van der Waals surface area contributed by atoms with Crippen LogP contribution in [-0.2, 0) is 4.79 Å². The van der Waals surface area contributed by atoms with Gasteiger partial charge in [-0.25, -0.2) is 5.84 Å². The number of carbonyl (C=O) groups is 1. The first-order valence-corrected chi connectivity index (χ1v) is 5.11. The van der Waals surface area contributed by atoms with Crippen LogP contribution in [0.4, 0.5) is 0 Å². The number of nitrogens with zero attached hydrogens (tertiary/aromatic N) is 1. The fourth-order valence-corrected chi connectivity index (χ4v) is 1.90. The van der Waals surface area contributed by atoms with Gasteiger partial charge in [-0.05, 0) is 12.8 Å². The van der Waals surface area contributed by atoms with E-state index < -0.39 is 0 Å². The maximum Gasteiger partial charge on any atom is 0.251 e. The Kier molecular flexibility index (Phi) is 4.31. The molecule has 1 aliphatic rings. The number of hydrogen-bond donors (Lipinski definition) is 3. The molecule has 5 heteroatoms. The fraction of sp³-hybridized carbons (Fsp3) is 0.889. The molecule has 4 N–H and O–H groups in total. The van der Waals surface area contributed by atoms with E-state index in [2.05, 4.69) is 5.43 Å². The van der Waals surface area contributed by atoms with Crippen molar-refractivity contribution < 1.29 is 9.90 Å². The molecule has 1 fully saturated rings. The molecule has 14 heavy (non-hydrogen) atoms. The van der Waals surface area contributed by atoms with Gasteiger partial charge in [0.25, 0.3) is 5.91 Å². The first-order chi connectivity index (χ1) is 6.69. The number of nitrogens with one attached hydrogen (secondary N) is 1. The maximum atomic E-state index is 11.4. The molecule has 1 aliphatic heterocycles. The van der Waals surface area contributed by atoms with E-state index in [1.54, 1.807) is 0 Å². The molecule has 82 valence electrons. The van der Waals surface area contributed by atoms with E-state index in [9.17, 15) is 9.90 Å². The van der Waals surface area contributed by atoms with Gasteiger partial charge in [0, 0.05) is 13.1 Å². The highest BCUT2D eigenvalue weighted by atomic mass is 16.3. The van der Waals surface area contributed by atoms with Gasteiger partial charge < -0.3 is 5.11 Å². The number of hydrazine groups is 1. The molecule has 1 saturated heterocycles. The van der Waals surface area contributed by atoms with Gasteiger partial charge in [0.2, 0.25) is 0 Å². The predicted octanol–water partition coefficient (Wildman–Crippen LogP) is -0.788. The summed E-state index contributed by atoms with van der Waals surface area (Å²) >= 11 is 0. The van der Waals surface area contributed by atoms with E-state index >= 15 is 0 Å². The summed E-state index contributed by atoms with van der Waals surface area (Å²) in [6, 6.07) is -0.179. The molecule has 0 saturated carbocycles. The molecule has 0 aromatic rings. The van der Waals surface area contributed by atoms with Crippen LogP contribution in [0.25, 0.3) is 0 Å². The number of amides is 1. The van der Waals surface area contributed by atoms with Gasteiger partial charge in [0.1, 0.15) is 0 Å². The highest BCUT2D eigenvalue weighted by Gasteiger charge is 2.30. The molecule has 2 atom stereocenters. The average molecular weight is 201 g/mol. The lowest BCUT2D eigenvalue weighted by Crippen LogP contribution is -2.48. The standard InChI is InChI=1S/C9H19N3O2/c1-2-3-8(9(14)11-10)12-5-4-7(13)6-12/h7-8,13H,2-6,10H2,1H3,(H,11,14). The first-order valence-electron chi connectivity index (χ1n) is 5.11. The zero-order valence-corrected chi connectivity index (χ0v) is 8.57. The van der Waals surface area contributed by atoms with E-state index in [4.69, 9.17) is 5.84 Å². The lowest BCUT2D eigenvalue weighted by Gasteiger charge is -2.25. The minimum absolute atomic E-state index is 0.152. The van der Waals surface area contributed by atoms with Crippen molar-refractivity contribution in [2.75, 3.05) is 13.1 Å². The van der Waals surface area contributed by atoms with Crippen molar-refractivity contribution in [2.45, 2.75) is 38.3 Å². The summed E-state index contributed by atoms with van der Waals surface area (Å²) < 4.78 is 0. The van der Waals surface area contributed by atoms with Gasteiger partial charge in [0.05, 0.1) is 12.1 Å². The second-order valence-corrected chi connectivity index (χ2v) is 3.75. The highest BCUT2D eigenvalue weighted by Crippen LogP contribution is 2.15. The van der Waals surface area contributed by atoms with Gasteiger partial charge in [-0.2, -0.15) is 0 Å². The average Bonchev–Trinajstić information content (AvgIpc) is 2.60. The Hall–Kier alpha value is -0.650. The molecule has 0 aromatic heterocycles. The third kappa shape index (κ3) is 2.67. The van der Waals surface area contributed by atoms with Gasteiger partial charge in [0.15, 0.2) is 0 Å². The molecule has 2 unspecified atom stereocenters. The second-order valence-electron chi connectivity index (χ2n) is 3.75. The Labute approximate surface area is 84.2 Å². The Bertz CT molecular complexity index is 198. The molecule has 0 radical (unpaired) electrons. The summed E-state index contributed by atoms with van der Waals surface area (Å²) in [6.45, 7) is 3.39. The molecule has 1 rings (SSSR count). The summed E-state index contributed by atoms with van der Waals surface area (Å²) in [5.74, 6) is 4.96.